The molecule has 0 radical (unpaired) electrons. The third kappa shape index (κ3) is 1.70. The van der Waals surface area contributed by atoms with Gasteiger partial charge in [-0.1, -0.05) is 12.1 Å². The minimum Gasteiger partial charge on any atom is -0.399 e. The van der Waals surface area contributed by atoms with Crippen molar-refractivity contribution in [3.05, 3.63) is 29.8 Å². The molecule has 0 atom stereocenters. The predicted octanol–water partition coefficient (Wildman–Crippen LogP) is 1.67. The number of nitrogen functional groups attached to an aromatic ring is 1. The lowest BCUT2D eigenvalue weighted by atomic mass is 10.2. The highest BCUT2D eigenvalue weighted by Crippen LogP contribution is 2.06. The Morgan fingerprint density at radius 1 is 1.30 bits per heavy atom. The van der Waals surface area contributed by atoms with E-state index in [9.17, 15) is 4.53 Å². The van der Waals surface area contributed by atoms with Crippen molar-refractivity contribution < 1.29 is 9.47 Å². The number of nitrogens with two attached hydrogens (primary N) is 1. The molecule has 2 N–H and O–H groups in total. The van der Waals surface area contributed by atoms with Gasteiger partial charge in [-0.3, -0.25) is 0 Å². The Kier molecular flexibility index (Phi) is 2.23. The highest BCUT2D eigenvalue weighted by molar-refractivity contribution is 5.38. The first-order valence-electron chi connectivity index (χ1n) is 2.91. The molecule has 1 aromatic rings. The van der Waals surface area contributed by atoms with Crippen molar-refractivity contribution in [2.45, 2.75) is 6.61 Å². The van der Waals surface area contributed by atoms with Gasteiger partial charge in [0, 0.05) is 5.69 Å². The fourth-order valence-electron chi connectivity index (χ4n) is 0.677. The van der Waals surface area contributed by atoms with Crippen LogP contribution in [-0.2, 0) is 11.5 Å². The van der Waals surface area contributed by atoms with Crippen LogP contribution < -0.4 is 5.73 Å². The Labute approximate surface area is 58.3 Å². The summed E-state index contributed by atoms with van der Waals surface area (Å²) in [5.74, 6) is 0. The maximum atomic E-state index is 11.2. The second kappa shape index (κ2) is 3.17. The van der Waals surface area contributed by atoms with Gasteiger partial charge in [0.1, 0.15) is 6.61 Å². The molecule has 0 amide bonds. The number of hydrogen-bond donors (Lipinski definition) is 1. The zero-order valence-corrected chi connectivity index (χ0v) is 5.38. The topological polar surface area (TPSA) is 35.2 Å². The largest absolute Gasteiger partial charge is 0.399 e. The van der Waals surface area contributed by atoms with E-state index in [0.29, 0.717) is 5.69 Å². The number of anilines is 1. The zero-order valence-electron chi connectivity index (χ0n) is 5.38. The molecule has 0 aliphatic carbocycles. The molecule has 1 aromatic carbocycles. The number of benzene rings is 1. The summed E-state index contributed by atoms with van der Waals surface area (Å²) in [5, 5.41) is 0. The SMILES string of the molecule is Nc1ccc(COF)cc1. The van der Waals surface area contributed by atoms with Gasteiger partial charge in [0.25, 0.3) is 0 Å². The molecule has 0 fully saturated rings. The van der Waals surface area contributed by atoms with Gasteiger partial charge in [-0.15, -0.1) is 0 Å². The summed E-state index contributed by atoms with van der Waals surface area (Å²) in [6, 6.07) is 6.84. The first-order chi connectivity index (χ1) is 4.83. The monoisotopic (exact) mass is 141 g/mol. The Balaban J connectivity index is 2.69. The van der Waals surface area contributed by atoms with E-state index < -0.39 is 0 Å². The van der Waals surface area contributed by atoms with E-state index in [0.717, 1.165) is 5.56 Å². The van der Waals surface area contributed by atoms with Crippen molar-refractivity contribution in [2.24, 2.45) is 0 Å². The summed E-state index contributed by atoms with van der Waals surface area (Å²) in [7, 11) is 0. The Bertz CT molecular complexity index is 197. The second-order valence-electron chi connectivity index (χ2n) is 2.00. The van der Waals surface area contributed by atoms with Crippen molar-refractivity contribution in [3.63, 3.8) is 0 Å². The maximum absolute atomic E-state index is 11.2. The average molecular weight is 141 g/mol. The molecule has 0 aromatic heterocycles. The molecule has 0 bridgehead atoms. The lowest BCUT2D eigenvalue weighted by Crippen LogP contribution is -1.86. The number of halogens is 1. The minimum absolute atomic E-state index is 0.0136. The molecule has 10 heavy (non-hydrogen) atoms. The van der Waals surface area contributed by atoms with Crippen LogP contribution in [0.5, 0.6) is 0 Å². The van der Waals surface area contributed by atoms with E-state index in [1.807, 2.05) is 0 Å². The van der Waals surface area contributed by atoms with Gasteiger partial charge in [-0.2, -0.15) is 4.94 Å². The van der Waals surface area contributed by atoms with E-state index in [2.05, 4.69) is 4.94 Å². The Morgan fingerprint density at radius 2 is 1.90 bits per heavy atom. The van der Waals surface area contributed by atoms with Gasteiger partial charge >= 0.3 is 0 Å². The molecule has 2 nitrogen and oxygen atoms in total. The molecule has 3 heteroatoms. The standard InChI is InChI=1S/C7H8FNO/c8-10-5-6-1-3-7(9)4-2-6/h1-4H,5,9H2. The van der Waals surface area contributed by atoms with Gasteiger partial charge < -0.3 is 5.73 Å². The average Bonchev–Trinajstić information content (AvgIpc) is 1.95. The van der Waals surface area contributed by atoms with Crippen LogP contribution in [0.1, 0.15) is 5.56 Å². The fraction of sp³-hybridized carbons (Fsp3) is 0.143. The van der Waals surface area contributed by atoms with E-state index in [1.165, 1.54) is 0 Å². The summed E-state index contributed by atoms with van der Waals surface area (Å²) in [6.45, 7) is -0.0136. The van der Waals surface area contributed by atoms with Gasteiger partial charge in [-0.05, 0) is 22.2 Å². The molecule has 54 valence electrons. The van der Waals surface area contributed by atoms with Crippen molar-refractivity contribution in [2.75, 3.05) is 5.73 Å². The highest BCUT2D eigenvalue weighted by Gasteiger charge is 1.90. The molecule has 0 aliphatic heterocycles. The summed E-state index contributed by atoms with van der Waals surface area (Å²) in [6.07, 6.45) is 0. The van der Waals surface area contributed by atoms with Gasteiger partial charge in [-0.25, -0.2) is 0 Å². The summed E-state index contributed by atoms with van der Waals surface area (Å²) in [4.78, 5) is 3.43. The van der Waals surface area contributed by atoms with Crippen LogP contribution in [0.3, 0.4) is 0 Å². The third-order valence-electron chi connectivity index (χ3n) is 1.20. The quantitative estimate of drug-likeness (QED) is 0.636. The molecule has 0 saturated carbocycles. The summed E-state index contributed by atoms with van der Waals surface area (Å²) in [5.41, 5.74) is 6.83. The van der Waals surface area contributed by atoms with Gasteiger partial charge in [0.2, 0.25) is 0 Å². The van der Waals surface area contributed by atoms with Crippen LogP contribution in [-0.4, -0.2) is 0 Å². The first-order valence-corrected chi connectivity index (χ1v) is 2.91. The van der Waals surface area contributed by atoms with Crippen molar-refractivity contribution >= 4 is 5.69 Å². The van der Waals surface area contributed by atoms with Gasteiger partial charge in [0.15, 0.2) is 0 Å². The second-order valence-corrected chi connectivity index (χ2v) is 2.00. The van der Waals surface area contributed by atoms with Crippen LogP contribution in [0.15, 0.2) is 24.3 Å². The lowest BCUT2D eigenvalue weighted by molar-refractivity contribution is -0.144. The molecule has 0 aliphatic rings. The summed E-state index contributed by atoms with van der Waals surface area (Å²) >= 11 is 0. The van der Waals surface area contributed by atoms with Crippen LogP contribution in [0.25, 0.3) is 0 Å². The molecule has 0 spiro atoms. The van der Waals surface area contributed by atoms with Crippen LogP contribution in [0.4, 0.5) is 10.2 Å². The maximum Gasteiger partial charge on any atom is 0.113 e. The van der Waals surface area contributed by atoms with Crippen molar-refractivity contribution in [3.8, 4) is 0 Å². The van der Waals surface area contributed by atoms with E-state index in [1.54, 1.807) is 24.3 Å². The zero-order chi connectivity index (χ0) is 7.40. The molecule has 0 saturated heterocycles. The van der Waals surface area contributed by atoms with Crippen LogP contribution in [0.2, 0.25) is 0 Å². The number of rotatable bonds is 2. The van der Waals surface area contributed by atoms with Crippen molar-refractivity contribution in [1.82, 2.24) is 0 Å². The lowest BCUT2D eigenvalue weighted by Gasteiger charge is -1.95. The van der Waals surface area contributed by atoms with E-state index in [-0.39, 0.29) is 6.61 Å². The first kappa shape index (κ1) is 7.02. The molecule has 1 rings (SSSR count). The Hall–Kier alpha value is -1.09. The molecular weight excluding hydrogens is 133 g/mol. The highest BCUT2D eigenvalue weighted by atomic mass is 19.3. The predicted molar refractivity (Wildman–Crippen MR) is 36.8 cm³/mol. The molecule has 0 heterocycles. The van der Waals surface area contributed by atoms with E-state index in [4.69, 9.17) is 5.73 Å². The molecular formula is C7H8FNO. The smallest absolute Gasteiger partial charge is 0.113 e. The number of hydrogen-bond acceptors (Lipinski definition) is 2. The fourth-order valence-corrected chi connectivity index (χ4v) is 0.677. The van der Waals surface area contributed by atoms with Crippen LogP contribution in [0, 0.1) is 0 Å². The normalized spacial score (nSPS) is 9.70. The van der Waals surface area contributed by atoms with E-state index >= 15 is 0 Å². The van der Waals surface area contributed by atoms with Gasteiger partial charge in [0.05, 0.1) is 0 Å². The summed E-state index contributed by atoms with van der Waals surface area (Å²) < 4.78 is 11.2. The molecule has 0 unspecified atom stereocenters. The minimum atomic E-state index is -0.0136. The van der Waals surface area contributed by atoms with Crippen LogP contribution >= 0.6 is 0 Å². The Morgan fingerprint density at radius 3 is 2.40 bits per heavy atom. The van der Waals surface area contributed by atoms with Crippen molar-refractivity contribution in [1.29, 1.82) is 0 Å². The third-order valence-corrected chi connectivity index (χ3v) is 1.20.